The summed E-state index contributed by atoms with van der Waals surface area (Å²) in [5.41, 5.74) is 0.243. The summed E-state index contributed by atoms with van der Waals surface area (Å²) in [6.45, 7) is 2.14. The molecule has 7 heteroatoms. The smallest absolute Gasteiger partial charge is 0.335 e. The van der Waals surface area contributed by atoms with E-state index in [0.29, 0.717) is 12.4 Å². The highest BCUT2D eigenvalue weighted by molar-refractivity contribution is 5.88. The highest BCUT2D eigenvalue weighted by atomic mass is 16.4. The van der Waals surface area contributed by atoms with Gasteiger partial charge in [-0.1, -0.05) is 0 Å². The Morgan fingerprint density at radius 1 is 1.39 bits per heavy atom. The Labute approximate surface area is 103 Å². The number of anilines is 1. The van der Waals surface area contributed by atoms with E-state index < -0.39 is 5.97 Å². The predicted octanol–water partition coefficient (Wildman–Crippen LogP) is 0.391. The van der Waals surface area contributed by atoms with Crippen LogP contribution in [-0.4, -0.2) is 37.4 Å². The highest BCUT2D eigenvalue weighted by Gasteiger charge is 2.19. The minimum Gasteiger partial charge on any atom is -0.478 e. The first kappa shape index (κ1) is 10.7. The maximum Gasteiger partial charge on any atom is 0.335 e. The molecule has 92 valence electrons. The Bertz CT molecular complexity index is 595. The van der Waals surface area contributed by atoms with Crippen molar-refractivity contribution in [3.8, 4) is 0 Å². The third kappa shape index (κ3) is 1.79. The molecule has 18 heavy (non-hydrogen) atoms. The molecule has 0 spiro atoms. The summed E-state index contributed by atoms with van der Waals surface area (Å²) in [4.78, 5) is 17.1. The lowest BCUT2D eigenvalue weighted by Crippen LogP contribution is -2.34. The first-order valence-electron chi connectivity index (χ1n) is 5.55. The van der Waals surface area contributed by atoms with Gasteiger partial charge in [0.15, 0.2) is 5.82 Å². The normalized spacial score (nSPS) is 14.3. The lowest BCUT2D eigenvalue weighted by Gasteiger charge is -2.28. The van der Waals surface area contributed by atoms with E-state index in [4.69, 9.17) is 5.11 Å². The molecule has 7 nitrogen and oxygen atoms in total. The lowest BCUT2D eigenvalue weighted by atomic mass is 10.2. The molecule has 0 fully saturated rings. The Kier molecular flexibility index (Phi) is 2.44. The fraction of sp³-hybridized carbons (Fsp3) is 0.273. The van der Waals surface area contributed by atoms with Crippen LogP contribution in [0.5, 0.6) is 0 Å². The lowest BCUT2D eigenvalue weighted by molar-refractivity contribution is 0.0697. The third-order valence-corrected chi connectivity index (χ3v) is 2.96. The van der Waals surface area contributed by atoms with Crippen LogP contribution in [0.25, 0.3) is 0 Å². The van der Waals surface area contributed by atoms with E-state index in [1.807, 2.05) is 9.47 Å². The Morgan fingerprint density at radius 2 is 2.28 bits per heavy atom. The largest absolute Gasteiger partial charge is 0.478 e. The summed E-state index contributed by atoms with van der Waals surface area (Å²) in [6.07, 6.45) is 3.21. The van der Waals surface area contributed by atoms with Crippen LogP contribution >= 0.6 is 0 Å². The van der Waals surface area contributed by atoms with E-state index in [0.717, 1.165) is 18.9 Å². The van der Waals surface area contributed by atoms with Crippen molar-refractivity contribution in [2.75, 3.05) is 11.4 Å². The van der Waals surface area contributed by atoms with E-state index in [1.165, 1.54) is 12.3 Å². The molecule has 0 atom stereocenters. The molecule has 2 aromatic heterocycles. The minimum atomic E-state index is -0.946. The Balaban J connectivity index is 1.88. The van der Waals surface area contributed by atoms with Crippen molar-refractivity contribution in [3.63, 3.8) is 0 Å². The van der Waals surface area contributed by atoms with Crippen molar-refractivity contribution < 1.29 is 9.90 Å². The summed E-state index contributed by atoms with van der Waals surface area (Å²) in [7, 11) is 0. The van der Waals surface area contributed by atoms with Gasteiger partial charge >= 0.3 is 5.97 Å². The molecule has 0 saturated heterocycles. The van der Waals surface area contributed by atoms with Crippen molar-refractivity contribution in [1.29, 1.82) is 0 Å². The highest BCUT2D eigenvalue weighted by Crippen LogP contribution is 2.18. The number of nitrogens with zero attached hydrogens (tertiary/aromatic N) is 5. The minimum absolute atomic E-state index is 0.243. The fourth-order valence-corrected chi connectivity index (χ4v) is 1.99. The molecule has 0 unspecified atom stereocenters. The van der Waals surface area contributed by atoms with E-state index >= 15 is 0 Å². The van der Waals surface area contributed by atoms with Crippen LogP contribution in [0.4, 0.5) is 5.82 Å². The molecule has 0 aliphatic carbocycles. The van der Waals surface area contributed by atoms with Gasteiger partial charge in [0.2, 0.25) is 0 Å². The van der Waals surface area contributed by atoms with Crippen LogP contribution in [0.2, 0.25) is 0 Å². The van der Waals surface area contributed by atoms with E-state index in [-0.39, 0.29) is 5.56 Å². The molecule has 1 aliphatic heterocycles. The zero-order valence-electron chi connectivity index (χ0n) is 9.52. The Morgan fingerprint density at radius 3 is 3.11 bits per heavy atom. The van der Waals surface area contributed by atoms with Gasteiger partial charge in [-0.15, -0.1) is 10.2 Å². The maximum absolute atomic E-state index is 10.9. The summed E-state index contributed by atoms with van der Waals surface area (Å²) in [6, 6.07) is 3.06. The van der Waals surface area contributed by atoms with Gasteiger partial charge in [0.05, 0.1) is 12.1 Å². The SMILES string of the molecule is O=C(O)c1ccnc(N2CCn3cnnc3C2)c1. The van der Waals surface area contributed by atoms with E-state index in [9.17, 15) is 4.79 Å². The van der Waals surface area contributed by atoms with Crippen molar-refractivity contribution in [2.24, 2.45) is 0 Å². The quantitative estimate of drug-likeness (QED) is 0.824. The molecule has 3 rings (SSSR count). The maximum atomic E-state index is 10.9. The van der Waals surface area contributed by atoms with Gasteiger partial charge in [-0.2, -0.15) is 0 Å². The van der Waals surface area contributed by atoms with Crippen molar-refractivity contribution in [3.05, 3.63) is 36.0 Å². The average molecular weight is 245 g/mol. The van der Waals surface area contributed by atoms with Gasteiger partial charge in [0.25, 0.3) is 0 Å². The summed E-state index contributed by atoms with van der Waals surface area (Å²) in [5, 5.41) is 16.8. The summed E-state index contributed by atoms with van der Waals surface area (Å²) in [5.74, 6) is 0.576. The van der Waals surface area contributed by atoms with Crippen LogP contribution in [-0.2, 0) is 13.1 Å². The predicted molar refractivity (Wildman–Crippen MR) is 62.3 cm³/mol. The number of fused-ring (bicyclic) bond motifs is 1. The van der Waals surface area contributed by atoms with Crippen molar-refractivity contribution in [1.82, 2.24) is 19.7 Å². The molecule has 0 radical (unpaired) electrons. The number of aromatic nitrogens is 4. The summed E-state index contributed by atoms with van der Waals surface area (Å²) >= 11 is 0. The standard InChI is InChI=1S/C11H11N5O2/c17-11(18)8-1-2-12-9(5-8)15-3-4-16-7-13-14-10(16)6-15/h1-2,5,7H,3-4,6H2,(H,17,18). The van der Waals surface area contributed by atoms with Crippen LogP contribution in [0.3, 0.4) is 0 Å². The molecule has 1 N–H and O–H groups in total. The molecule has 1 aliphatic rings. The second kappa shape index (κ2) is 4.10. The van der Waals surface area contributed by atoms with Gasteiger partial charge in [0, 0.05) is 19.3 Å². The van der Waals surface area contributed by atoms with Crippen LogP contribution in [0.1, 0.15) is 16.2 Å². The summed E-state index contributed by atoms with van der Waals surface area (Å²) < 4.78 is 1.98. The molecular weight excluding hydrogens is 234 g/mol. The molecule has 0 amide bonds. The van der Waals surface area contributed by atoms with Gasteiger partial charge < -0.3 is 14.6 Å². The molecule has 2 aromatic rings. The molecule has 0 saturated carbocycles. The third-order valence-electron chi connectivity index (χ3n) is 2.96. The number of carbonyl (C=O) groups is 1. The second-order valence-corrected chi connectivity index (χ2v) is 4.07. The monoisotopic (exact) mass is 245 g/mol. The van der Waals surface area contributed by atoms with Crippen LogP contribution in [0, 0.1) is 0 Å². The average Bonchev–Trinajstić information content (AvgIpc) is 2.86. The Hall–Kier alpha value is -2.44. The van der Waals surface area contributed by atoms with E-state index in [2.05, 4.69) is 15.2 Å². The molecule has 0 aromatic carbocycles. The van der Waals surface area contributed by atoms with Crippen molar-refractivity contribution >= 4 is 11.8 Å². The van der Waals surface area contributed by atoms with Gasteiger partial charge in [-0.25, -0.2) is 9.78 Å². The van der Waals surface area contributed by atoms with Gasteiger partial charge in [0.1, 0.15) is 12.1 Å². The van der Waals surface area contributed by atoms with Crippen LogP contribution in [0.15, 0.2) is 24.7 Å². The van der Waals surface area contributed by atoms with Crippen molar-refractivity contribution in [2.45, 2.75) is 13.1 Å². The first-order chi connectivity index (χ1) is 8.74. The molecule has 3 heterocycles. The number of hydrogen-bond donors (Lipinski definition) is 1. The number of aromatic carboxylic acids is 1. The number of rotatable bonds is 2. The first-order valence-corrected chi connectivity index (χ1v) is 5.55. The molecule has 0 bridgehead atoms. The second-order valence-electron chi connectivity index (χ2n) is 4.07. The van der Waals surface area contributed by atoms with Gasteiger partial charge in [-0.05, 0) is 12.1 Å². The number of pyridine rings is 1. The zero-order valence-corrected chi connectivity index (χ0v) is 9.52. The van der Waals surface area contributed by atoms with Crippen LogP contribution < -0.4 is 4.90 Å². The molecular formula is C11H11N5O2. The van der Waals surface area contributed by atoms with Gasteiger partial charge in [-0.3, -0.25) is 0 Å². The number of carboxylic acids is 1. The number of carboxylic acid groups (broad SMARTS) is 1. The topological polar surface area (TPSA) is 84.1 Å². The number of hydrogen-bond acceptors (Lipinski definition) is 5. The fourth-order valence-electron chi connectivity index (χ4n) is 1.99. The zero-order chi connectivity index (χ0) is 12.5. The van der Waals surface area contributed by atoms with E-state index in [1.54, 1.807) is 12.4 Å².